The van der Waals surface area contributed by atoms with E-state index in [4.69, 9.17) is 0 Å². The number of hydrogen-bond donors (Lipinski definition) is 0. The van der Waals surface area contributed by atoms with Gasteiger partial charge >= 0.3 is 5.97 Å². The van der Waals surface area contributed by atoms with Crippen molar-refractivity contribution in [3.8, 4) is 0 Å². The molecule has 3 rings (SSSR count). The highest BCUT2D eigenvalue weighted by Gasteiger charge is 2.35. The number of non-ortho nitro benzene ring substituents is 1. The molecule has 142 valence electrons. The van der Waals surface area contributed by atoms with Crippen LogP contribution < -0.4 is 0 Å². The molecule has 0 radical (unpaired) electrons. The van der Waals surface area contributed by atoms with Crippen molar-refractivity contribution in [2.45, 2.75) is 6.54 Å². The molecule has 0 N–H and O–H groups in total. The van der Waals surface area contributed by atoms with Crippen LogP contribution in [0, 0.1) is 10.1 Å². The van der Waals surface area contributed by atoms with E-state index in [0.29, 0.717) is 16.7 Å². The van der Waals surface area contributed by atoms with Gasteiger partial charge in [-0.05, 0) is 41.1 Å². The Bertz CT molecular complexity index is 982. The molecule has 2 amide bonds. The first-order chi connectivity index (χ1) is 13.4. The Hall–Kier alpha value is -3.46. The molecule has 0 unspecified atom stereocenters. The van der Waals surface area contributed by atoms with Gasteiger partial charge in [-0.15, -0.1) is 0 Å². The average molecular weight is 398 g/mol. The van der Waals surface area contributed by atoms with Crippen molar-refractivity contribution in [2.75, 3.05) is 7.11 Å². The van der Waals surface area contributed by atoms with Crippen LogP contribution in [0.25, 0.3) is 6.08 Å². The molecule has 2 aromatic rings. The number of imide groups is 1. The Balaban J connectivity index is 1.74. The van der Waals surface area contributed by atoms with Crippen LogP contribution in [0.1, 0.15) is 21.5 Å². The summed E-state index contributed by atoms with van der Waals surface area (Å²) >= 11 is 0.818. The van der Waals surface area contributed by atoms with E-state index in [0.717, 1.165) is 16.7 Å². The maximum absolute atomic E-state index is 12.6. The third-order valence-corrected chi connectivity index (χ3v) is 4.90. The molecule has 1 fully saturated rings. The number of amides is 2. The van der Waals surface area contributed by atoms with Gasteiger partial charge in [-0.2, -0.15) is 0 Å². The largest absolute Gasteiger partial charge is 0.465 e. The van der Waals surface area contributed by atoms with Gasteiger partial charge in [0.05, 0.1) is 29.0 Å². The molecule has 9 heteroatoms. The zero-order chi connectivity index (χ0) is 20.3. The summed E-state index contributed by atoms with van der Waals surface area (Å²) in [6, 6.07) is 12.1. The van der Waals surface area contributed by atoms with Gasteiger partial charge < -0.3 is 4.74 Å². The van der Waals surface area contributed by atoms with E-state index in [2.05, 4.69) is 4.74 Å². The van der Waals surface area contributed by atoms with Crippen LogP contribution in [0.2, 0.25) is 0 Å². The lowest BCUT2D eigenvalue weighted by molar-refractivity contribution is -0.384. The van der Waals surface area contributed by atoms with E-state index in [-0.39, 0.29) is 17.1 Å². The molecule has 2 aromatic carbocycles. The summed E-state index contributed by atoms with van der Waals surface area (Å²) in [5.74, 6) is -0.902. The Labute approximate surface area is 163 Å². The highest BCUT2D eigenvalue weighted by atomic mass is 32.2. The Morgan fingerprint density at radius 3 is 2.36 bits per heavy atom. The number of thioether (sulfide) groups is 1. The summed E-state index contributed by atoms with van der Waals surface area (Å²) in [5.41, 5.74) is 1.59. The lowest BCUT2D eigenvalue weighted by Crippen LogP contribution is -2.27. The van der Waals surface area contributed by atoms with Gasteiger partial charge in [0.15, 0.2) is 0 Å². The van der Waals surface area contributed by atoms with E-state index in [1.165, 1.54) is 31.4 Å². The Kier molecular flexibility index (Phi) is 5.55. The van der Waals surface area contributed by atoms with Gasteiger partial charge in [0.2, 0.25) is 0 Å². The molecular formula is C19H14N2O6S. The molecule has 0 aliphatic carbocycles. The van der Waals surface area contributed by atoms with Gasteiger partial charge in [0.1, 0.15) is 0 Å². The van der Waals surface area contributed by atoms with Crippen LogP contribution in [-0.4, -0.2) is 34.0 Å². The summed E-state index contributed by atoms with van der Waals surface area (Å²) in [5, 5.41) is 10.3. The quantitative estimate of drug-likeness (QED) is 0.328. The summed E-state index contributed by atoms with van der Waals surface area (Å²) < 4.78 is 4.63. The van der Waals surface area contributed by atoms with Crippen molar-refractivity contribution in [3.05, 3.63) is 80.2 Å². The molecule has 1 heterocycles. The fraction of sp³-hybridized carbons (Fsp3) is 0.105. The number of esters is 1. The number of methoxy groups -OCH3 is 1. The highest BCUT2D eigenvalue weighted by molar-refractivity contribution is 8.18. The normalized spacial score (nSPS) is 15.2. The number of carbonyl (C=O) groups is 3. The van der Waals surface area contributed by atoms with Crippen molar-refractivity contribution in [1.82, 2.24) is 4.90 Å². The minimum atomic E-state index is -0.516. The van der Waals surface area contributed by atoms with Crippen LogP contribution in [0.3, 0.4) is 0 Å². The lowest BCUT2D eigenvalue weighted by Gasteiger charge is -2.12. The molecule has 1 aliphatic rings. The van der Waals surface area contributed by atoms with E-state index < -0.39 is 22.0 Å². The van der Waals surface area contributed by atoms with E-state index in [1.807, 2.05) is 0 Å². The van der Waals surface area contributed by atoms with Crippen LogP contribution in [-0.2, 0) is 16.1 Å². The Morgan fingerprint density at radius 2 is 1.79 bits per heavy atom. The standard InChI is InChI=1S/C19H14N2O6S/c1-27-18(23)14-6-2-12(3-7-14)10-16-17(22)20(19(24)28-16)11-13-4-8-15(9-5-13)21(25)26/h2-10H,11H2,1H3/b16-10-. The van der Waals surface area contributed by atoms with Crippen molar-refractivity contribution < 1.29 is 24.0 Å². The molecule has 28 heavy (non-hydrogen) atoms. The zero-order valence-electron chi connectivity index (χ0n) is 14.7. The summed E-state index contributed by atoms with van der Waals surface area (Å²) in [6.45, 7) is 0.0290. The zero-order valence-corrected chi connectivity index (χ0v) is 15.5. The van der Waals surface area contributed by atoms with E-state index in [1.54, 1.807) is 30.3 Å². The second-order valence-electron chi connectivity index (χ2n) is 5.81. The van der Waals surface area contributed by atoms with Crippen LogP contribution in [0.5, 0.6) is 0 Å². The summed E-state index contributed by atoms with van der Waals surface area (Å²) in [4.78, 5) is 47.7. The third-order valence-electron chi connectivity index (χ3n) is 3.99. The molecular weight excluding hydrogens is 384 g/mol. The summed E-state index contributed by atoms with van der Waals surface area (Å²) in [6.07, 6.45) is 1.57. The third kappa shape index (κ3) is 4.09. The van der Waals surface area contributed by atoms with Gasteiger partial charge in [-0.25, -0.2) is 4.79 Å². The molecule has 0 atom stereocenters. The van der Waals surface area contributed by atoms with Crippen LogP contribution in [0.15, 0.2) is 53.4 Å². The van der Waals surface area contributed by atoms with E-state index >= 15 is 0 Å². The maximum atomic E-state index is 12.6. The van der Waals surface area contributed by atoms with Crippen molar-refractivity contribution in [3.63, 3.8) is 0 Å². The van der Waals surface area contributed by atoms with Gasteiger partial charge in [-0.1, -0.05) is 24.3 Å². The van der Waals surface area contributed by atoms with Crippen molar-refractivity contribution in [2.24, 2.45) is 0 Å². The number of nitrogens with zero attached hydrogens (tertiary/aromatic N) is 2. The fourth-order valence-electron chi connectivity index (χ4n) is 2.53. The highest BCUT2D eigenvalue weighted by Crippen LogP contribution is 2.33. The SMILES string of the molecule is COC(=O)c1ccc(/C=C2\SC(=O)N(Cc3ccc([N+](=O)[O-])cc3)C2=O)cc1. The number of benzene rings is 2. The lowest BCUT2D eigenvalue weighted by atomic mass is 10.1. The molecule has 0 bridgehead atoms. The second kappa shape index (κ2) is 8.05. The Morgan fingerprint density at radius 1 is 1.14 bits per heavy atom. The van der Waals surface area contributed by atoms with Gasteiger partial charge in [0, 0.05) is 12.1 Å². The molecule has 1 aliphatic heterocycles. The first-order valence-electron chi connectivity index (χ1n) is 8.06. The molecule has 1 saturated heterocycles. The number of rotatable bonds is 5. The molecule has 0 spiro atoms. The fourth-order valence-corrected chi connectivity index (χ4v) is 3.36. The predicted molar refractivity (Wildman–Crippen MR) is 102 cm³/mol. The minimum absolute atomic E-state index is 0.0290. The van der Waals surface area contributed by atoms with Gasteiger partial charge in [0.25, 0.3) is 16.8 Å². The number of nitro groups is 1. The smallest absolute Gasteiger partial charge is 0.337 e. The van der Waals surface area contributed by atoms with Crippen molar-refractivity contribution in [1.29, 1.82) is 0 Å². The molecule has 0 saturated carbocycles. The predicted octanol–water partition coefficient (Wildman–Crippen LogP) is 3.62. The van der Waals surface area contributed by atoms with E-state index in [9.17, 15) is 24.5 Å². The first-order valence-corrected chi connectivity index (χ1v) is 8.88. The van der Waals surface area contributed by atoms with Gasteiger partial charge in [-0.3, -0.25) is 24.6 Å². The molecule has 8 nitrogen and oxygen atoms in total. The number of hydrogen-bond acceptors (Lipinski definition) is 7. The molecule has 0 aromatic heterocycles. The van der Waals surface area contributed by atoms with Crippen molar-refractivity contribution >= 4 is 40.6 Å². The topological polar surface area (TPSA) is 107 Å². The summed E-state index contributed by atoms with van der Waals surface area (Å²) in [7, 11) is 1.29. The number of carbonyl (C=O) groups excluding carboxylic acids is 3. The second-order valence-corrected chi connectivity index (χ2v) is 6.80. The number of ether oxygens (including phenoxy) is 1. The first kappa shape index (κ1) is 19.3. The van der Waals surface area contributed by atoms with Crippen LogP contribution in [0.4, 0.5) is 10.5 Å². The monoisotopic (exact) mass is 398 g/mol. The maximum Gasteiger partial charge on any atom is 0.337 e. The minimum Gasteiger partial charge on any atom is -0.465 e. The average Bonchev–Trinajstić information content (AvgIpc) is 2.95. The number of nitro benzene ring substituents is 1. The van der Waals surface area contributed by atoms with Crippen LogP contribution >= 0.6 is 11.8 Å².